The highest BCUT2D eigenvalue weighted by molar-refractivity contribution is 6.32. The van der Waals surface area contributed by atoms with Crippen molar-refractivity contribution in [3.63, 3.8) is 0 Å². The lowest BCUT2D eigenvalue weighted by atomic mass is 10.1. The van der Waals surface area contributed by atoms with Crippen LogP contribution in [0.5, 0.6) is 0 Å². The van der Waals surface area contributed by atoms with Crippen LogP contribution in [0, 0.1) is 0 Å². The van der Waals surface area contributed by atoms with Crippen LogP contribution in [0.3, 0.4) is 0 Å². The van der Waals surface area contributed by atoms with E-state index >= 15 is 0 Å². The lowest BCUT2D eigenvalue weighted by Gasteiger charge is -2.20. The van der Waals surface area contributed by atoms with Crippen molar-refractivity contribution in [3.05, 3.63) is 16.9 Å². The fourth-order valence-corrected chi connectivity index (χ4v) is 1.52. The number of hydrogen-bond acceptors (Lipinski definition) is 2. The number of hydrogen-bond donors (Lipinski definition) is 0. The van der Waals surface area contributed by atoms with Crippen LogP contribution in [0.25, 0.3) is 0 Å². The number of ketones is 1. The minimum absolute atomic E-state index is 0.0551. The molecule has 0 fully saturated rings. The van der Waals surface area contributed by atoms with Crippen LogP contribution in [0.1, 0.15) is 38.1 Å². The molecule has 0 atom stereocenters. The van der Waals surface area contributed by atoms with Crippen LogP contribution in [0.15, 0.2) is 6.20 Å². The van der Waals surface area contributed by atoms with Crippen molar-refractivity contribution in [2.24, 2.45) is 0 Å². The molecule has 1 aromatic rings. The van der Waals surface area contributed by atoms with Gasteiger partial charge in [0.25, 0.3) is 0 Å². The average molecular weight is 201 g/mol. The standard InChI is InChI=1S/C9H13ClN2O/c1-6(13)7-5-11-12(8(7)10)9(2,3)4/h5H,1-4H3. The van der Waals surface area contributed by atoms with Crippen molar-refractivity contribution in [1.29, 1.82) is 0 Å². The van der Waals surface area contributed by atoms with E-state index in [1.54, 1.807) is 4.68 Å². The minimum Gasteiger partial charge on any atom is -0.294 e. The summed E-state index contributed by atoms with van der Waals surface area (Å²) in [7, 11) is 0. The predicted octanol–water partition coefficient (Wildman–Crippen LogP) is 2.49. The van der Waals surface area contributed by atoms with Gasteiger partial charge in [0.2, 0.25) is 0 Å². The van der Waals surface area contributed by atoms with Gasteiger partial charge in [0.05, 0.1) is 17.3 Å². The maximum Gasteiger partial charge on any atom is 0.164 e. The maximum absolute atomic E-state index is 11.1. The summed E-state index contributed by atoms with van der Waals surface area (Å²) in [6.07, 6.45) is 1.51. The summed E-state index contributed by atoms with van der Waals surface area (Å²) >= 11 is 5.98. The summed E-state index contributed by atoms with van der Waals surface area (Å²) in [5.41, 5.74) is 0.293. The molecule has 1 heterocycles. The molecule has 0 aliphatic heterocycles. The van der Waals surface area contributed by atoms with Gasteiger partial charge in [-0.05, 0) is 27.7 Å². The number of halogens is 1. The molecule has 0 spiro atoms. The van der Waals surface area contributed by atoms with E-state index in [4.69, 9.17) is 11.6 Å². The summed E-state index contributed by atoms with van der Waals surface area (Å²) in [6, 6.07) is 0. The number of rotatable bonds is 1. The summed E-state index contributed by atoms with van der Waals surface area (Å²) in [6.45, 7) is 7.43. The highest BCUT2D eigenvalue weighted by Crippen LogP contribution is 2.23. The molecular weight excluding hydrogens is 188 g/mol. The largest absolute Gasteiger partial charge is 0.294 e. The Morgan fingerprint density at radius 3 is 2.31 bits per heavy atom. The Kier molecular flexibility index (Phi) is 2.48. The summed E-state index contributed by atoms with van der Waals surface area (Å²) in [5, 5.41) is 4.49. The molecule has 0 aliphatic rings. The second-order valence-electron chi connectivity index (χ2n) is 3.99. The van der Waals surface area contributed by atoms with E-state index in [1.807, 2.05) is 20.8 Å². The molecule has 0 radical (unpaired) electrons. The normalized spacial score (nSPS) is 11.8. The first-order valence-corrected chi connectivity index (χ1v) is 4.47. The quantitative estimate of drug-likeness (QED) is 0.653. The monoisotopic (exact) mass is 200 g/mol. The first-order chi connectivity index (χ1) is 5.84. The van der Waals surface area contributed by atoms with Gasteiger partial charge in [-0.2, -0.15) is 5.10 Å². The molecule has 1 rings (SSSR count). The molecule has 1 aromatic heterocycles. The average Bonchev–Trinajstić information content (AvgIpc) is 2.28. The zero-order valence-corrected chi connectivity index (χ0v) is 9.01. The zero-order valence-electron chi connectivity index (χ0n) is 8.26. The van der Waals surface area contributed by atoms with Crippen LogP contribution >= 0.6 is 11.6 Å². The van der Waals surface area contributed by atoms with Crippen molar-refractivity contribution in [2.75, 3.05) is 0 Å². The number of aromatic nitrogens is 2. The SMILES string of the molecule is CC(=O)c1cnn(C(C)(C)C)c1Cl. The number of nitrogens with zero attached hydrogens (tertiary/aromatic N) is 2. The smallest absolute Gasteiger partial charge is 0.164 e. The van der Waals surface area contributed by atoms with Crippen molar-refractivity contribution in [1.82, 2.24) is 9.78 Å². The van der Waals surface area contributed by atoms with E-state index in [0.29, 0.717) is 10.7 Å². The molecule has 0 saturated carbocycles. The Morgan fingerprint density at radius 1 is 1.54 bits per heavy atom. The van der Waals surface area contributed by atoms with Gasteiger partial charge in [0.15, 0.2) is 5.78 Å². The van der Waals surface area contributed by atoms with E-state index in [9.17, 15) is 4.79 Å². The highest BCUT2D eigenvalue weighted by atomic mass is 35.5. The van der Waals surface area contributed by atoms with E-state index in [-0.39, 0.29) is 11.3 Å². The van der Waals surface area contributed by atoms with Crippen molar-refractivity contribution in [3.8, 4) is 0 Å². The molecule has 3 nitrogen and oxygen atoms in total. The fraction of sp³-hybridized carbons (Fsp3) is 0.556. The van der Waals surface area contributed by atoms with Gasteiger partial charge in [-0.1, -0.05) is 11.6 Å². The van der Waals surface area contributed by atoms with Gasteiger partial charge < -0.3 is 0 Å². The van der Waals surface area contributed by atoms with E-state index < -0.39 is 0 Å². The van der Waals surface area contributed by atoms with E-state index in [0.717, 1.165) is 0 Å². The molecule has 72 valence electrons. The third-order valence-electron chi connectivity index (χ3n) is 1.73. The molecule has 0 bridgehead atoms. The Hall–Kier alpha value is -0.830. The van der Waals surface area contributed by atoms with Gasteiger partial charge in [0.1, 0.15) is 5.15 Å². The van der Waals surface area contributed by atoms with Gasteiger partial charge in [-0.3, -0.25) is 4.79 Å². The first kappa shape index (κ1) is 10.3. The molecule has 0 N–H and O–H groups in total. The maximum atomic E-state index is 11.1. The number of Topliss-reactive ketones (excluding diaryl/α,β-unsaturated/α-hetero) is 1. The summed E-state index contributed by atoms with van der Waals surface area (Å²) < 4.78 is 1.64. The molecule has 13 heavy (non-hydrogen) atoms. The van der Waals surface area contributed by atoms with Gasteiger partial charge in [-0.25, -0.2) is 4.68 Å². The molecule has 0 saturated heterocycles. The minimum atomic E-state index is -0.190. The zero-order chi connectivity index (χ0) is 10.2. The predicted molar refractivity (Wildman–Crippen MR) is 52.2 cm³/mol. The second kappa shape index (κ2) is 3.14. The van der Waals surface area contributed by atoms with Crippen molar-refractivity contribution < 1.29 is 4.79 Å². The topological polar surface area (TPSA) is 34.9 Å². The summed E-state index contributed by atoms with van der Waals surface area (Å²) in [5.74, 6) is -0.0551. The molecular formula is C9H13ClN2O. The van der Waals surface area contributed by atoms with Gasteiger partial charge in [0, 0.05) is 0 Å². The number of carbonyl (C=O) groups excluding carboxylic acids is 1. The van der Waals surface area contributed by atoms with E-state index in [1.165, 1.54) is 13.1 Å². The Balaban J connectivity index is 3.22. The van der Waals surface area contributed by atoms with E-state index in [2.05, 4.69) is 5.10 Å². The molecule has 0 aliphatic carbocycles. The van der Waals surface area contributed by atoms with Crippen LogP contribution in [0.4, 0.5) is 0 Å². The van der Waals surface area contributed by atoms with Crippen LogP contribution < -0.4 is 0 Å². The summed E-state index contributed by atoms with van der Waals surface area (Å²) in [4.78, 5) is 11.1. The van der Waals surface area contributed by atoms with Gasteiger partial charge in [-0.15, -0.1) is 0 Å². The molecule has 0 aromatic carbocycles. The second-order valence-corrected chi connectivity index (χ2v) is 4.35. The molecule has 0 unspecified atom stereocenters. The lowest BCUT2D eigenvalue weighted by molar-refractivity contribution is 0.101. The Bertz CT molecular complexity index is 336. The highest BCUT2D eigenvalue weighted by Gasteiger charge is 2.20. The Morgan fingerprint density at radius 2 is 2.08 bits per heavy atom. The van der Waals surface area contributed by atoms with Crippen LogP contribution in [0.2, 0.25) is 5.15 Å². The van der Waals surface area contributed by atoms with Crippen LogP contribution in [-0.2, 0) is 5.54 Å². The van der Waals surface area contributed by atoms with Crippen LogP contribution in [-0.4, -0.2) is 15.6 Å². The van der Waals surface area contributed by atoms with Crippen molar-refractivity contribution >= 4 is 17.4 Å². The van der Waals surface area contributed by atoms with Gasteiger partial charge >= 0.3 is 0 Å². The lowest BCUT2D eigenvalue weighted by Crippen LogP contribution is -2.23. The molecule has 0 amide bonds. The number of carbonyl (C=O) groups is 1. The van der Waals surface area contributed by atoms with Crippen molar-refractivity contribution in [2.45, 2.75) is 33.2 Å². The fourth-order valence-electron chi connectivity index (χ4n) is 1.04. The third-order valence-corrected chi connectivity index (χ3v) is 2.09. The first-order valence-electron chi connectivity index (χ1n) is 4.09. The third kappa shape index (κ3) is 1.91. The molecule has 4 heteroatoms. The Labute approximate surface area is 82.7 Å².